The first-order chi connectivity index (χ1) is 10.1. The Bertz CT molecular complexity index is 416. The molecule has 0 saturated carbocycles. The van der Waals surface area contributed by atoms with Crippen LogP contribution in [0.5, 0.6) is 0 Å². The minimum Gasteiger partial charge on any atom is -0.468 e. The van der Waals surface area contributed by atoms with Gasteiger partial charge >= 0.3 is 0 Å². The van der Waals surface area contributed by atoms with E-state index >= 15 is 0 Å². The van der Waals surface area contributed by atoms with Crippen molar-refractivity contribution in [3.63, 3.8) is 0 Å². The SMILES string of the molecule is CCN1CCCC1CN(C)Cc1occc1CNC(C)C. The van der Waals surface area contributed by atoms with Gasteiger partial charge in [0.2, 0.25) is 0 Å². The Labute approximate surface area is 129 Å². The van der Waals surface area contributed by atoms with Crippen molar-refractivity contribution in [1.82, 2.24) is 15.1 Å². The highest BCUT2D eigenvalue weighted by Gasteiger charge is 2.24. The molecule has 1 atom stereocenters. The highest BCUT2D eigenvalue weighted by Crippen LogP contribution is 2.19. The minimum absolute atomic E-state index is 0.502. The summed E-state index contributed by atoms with van der Waals surface area (Å²) in [5.74, 6) is 1.10. The predicted molar refractivity (Wildman–Crippen MR) is 87.3 cm³/mol. The van der Waals surface area contributed by atoms with E-state index in [1.165, 1.54) is 31.5 Å². The lowest BCUT2D eigenvalue weighted by molar-refractivity contribution is 0.187. The Morgan fingerprint density at radius 3 is 3.00 bits per heavy atom. The molecule has 1 unspecified atom stereocenters. The van der Waals surface area contributed by atoms with Crippen LogP contribution in [-0.2, 0) is 13.1 Å². The van der Waals surface area contributed by atoms with Crippen LogP contribution in [0.15, 0.2) is 16.7 Å². The van der Waals surface area contributed by atoms with E-state index in [-0.39, 0.29) is 0 Å². The van der Waals surface area contributed by atoms with Crippen molar-refractivity contribution in [3.05, 3.63) is 23.7 Å². The van der Waals surface area contributed by atoms with E-state index < -0.39 is 0 Å². The molecule has 1 aromatic rings. The van der Waals surface area contributed by atoms with Crippen LogP contribution in [0, 0.1) is 0 Å². The largest absolute Gasteiger partial charge is 0.468 e. The summed E-state index contributed by atoms with van der Waals surface area (Å²) in [6, 6.07) is 3.31. The maximum absolute atomic E-state index is 5.69. The molecule has 0 aromatic carbocycles. The Kier molecular flexibility index (Phi) is 6.27. The van der Waals surface area contributed by atoms with Gasteiger partial charge in [0, 0.05) is 30.7 Å². The molecule has 0 radical (unpaired) electrons. The molecule has 1 aromatic heterocycles. The average Bonchev–Trinajstić information content (AvgIpc) is 3.05. The van der Waals surface area contributed by atoms with E-state index in [4.69, 9.17) is 4.42 Å². The Hall–Kier alpha value is -0.840. The van der Waals surface area contributed by atoms with Gasteiger partial charge in [-0.15, -0.1) is 0 Å². The van der Waals surface area contributed by atoms with Crippen molar-refractivity contribution in [2.45, 2.75) is 58.8 Å². The van der Waals surface area contributed by atoms with Gasteiger partial charge in [0.05, 0.1) is 12.8 Å². The number of likely N-dealkylation sites (tertiary alicyclic amines) is 1. The van der Waals surface area contributed by atoms with Crippen molar-refractivity contribution < 1.29 is 4.42 Å². The van der Waals surface area contributed by atoms with Crippen LogP contribution in [-0.4, -0.2) is 48.6 Å². The summed E-state index contributed by atoms with van der Waals surface area (Å²) in [4.78, 5) is 5.00. The van der Waals surface area contributed by atoms with Crippen molar-refractivity contribution in [1.29, 1.82) is 0 Å². The summed E-state index contributed by atoms with van der Waals surface area (Å²) >= 11 is 0. The standard InChI is InChI=1S/C17H31N3O/c1-5-20-9-6-7-16(20)12-19(4)13-17-15(8-10-21-17)11-18-14(2)3/h8,10,14,16,18H,5-7,9,11-13H2,1-4H3. The van der Waals surface area contributed by atoms with E-state index in [1.807, 2.05) is 6.26 Å². The molecule has 2 heterocycles. The van der Waals surface area contributed by atoms with Gasteiger partial charge in [-0.2, -0.15) is 0 Å². The summed E-state index contributed by atoms with van der Waals surface area (Å²) in [7, 11) is 2.20. The second-order valence-corrected chi connectivity index (χ2v) is 6.53. The molecular formula is C17H31N3O. The minimum atomic E-state index is 0.502. The first-order valence-corrected chi connectivity index (χ1v) is 8.31. The van der Waals surface area contributed by atoms with Gasteiger partial charge in [-0.1, -0.05) is 20.8 Å². The van der Waals surface area contributed by atoms with E-state index in [9.17, 15) is 0 Å². The molecule has 1 saturated heterocycles. The number of likely N-dealkylation sites (N-methyl/N-ethyl adjacent to an activating group) is 2. The quantitative estimate of drug-likeness (QED) is 0.798. The Morgan fingerprint density at radius 1 is 1.48 bits per heavy atom. The summed E-state index contributed by atoms with van der Waals surface area (Å²) < 4.78 is 5.69. The zero-order valence-electron chi connectivity index (χ0n) is 14.1. The highest BCUT2D eigenvalue weighted by atomic mass is 16.3. The van der Waals surface area contributed by atoms with Crippen molar-refractivity contribution in [2.75, 3.05) is 26.7 Å². The number of nitrogens with zero attached hydrogens (tertiary/aromatic N) is 2. The summed E-state index contributed by atoms with van der Waals surface area (Å²) in [5, 5.41) is 3.46. The molecule has 0 aliphatic carbocycles. The monoisotopic (exact) mass is 293 g/mol. The van der Waals surface area contributed by atoms with Gasteiger partial charge < -0.3 is 9.73 Å². The molecule has 1 fully saturated rings. The maximum atomic E-state index is 5.69. The van der Waals surface area contributed by atoms with Crippen LogP contribution in [0.25, 0.3) is 0 Å². The van der Waals surface area contributed by atoms with Gasteiger partial charge in [-0.3, -0.25) is 9.80 Å². The van der Waals surface area contributed by atoms with Gasteiger partial charge in [-0.25, -0.2) is 0 Å². The Morgan fingerprint density at radius 2 is 2.29 bits per heavy atom. The average molecular weight is 293 g/mol. The van der Waals surface area contributed by atoms with Crippen LogP contribution < -0.4 is 5.32 Å². The van der Waals surface area contributed by atoms with Gasteiger partial charge in [0.1, 0.15) is 5.76 Å². The second kappa shape index (κ2) is 7.97. The van der Waals surface area contributed by atoms with Crippen LogP contribution >= 0.6 is 0 Å². The third-order valence-corrected chi connectivity index (χ3v) is 4.38. The fourth-order valence-electron chi connectivity index (χ4n) is 3.17. The molecule has 2 rings (SSSR count). The predicted octanol–water partition coefficient (Wildman–Crippen LogP) is 2.69. The van der Waals surface area contributed by atoms with Crippen molar-refractivity contribution in [2.24, 2.45) is 0 Å². The molecule has 4 heteroatoms. The van der Waals surface area contributed by atoms with Crippen molar-refractivity contribution in [3.8, 4) is 0 Å². The summed E-state index contributed by atoms with van der Waals surface area (Å²) in [6.45, 7) is 12.0. The van der Waals surface area contributed by atoms with Crippen LogP contribution in [0.4, 0.5) is 0 Å². The lowest BCUT2D eigenvalue weighted by atomic mass is 10.2. The zero-order valence-corrected chi connectivity index (χ0v) is 14.1. The number of nitrogens with one attached hydrogen (secondary N) is 1. The van der Waals surface area contributed by atoms with E-state index in [1.54, 1.807) is 0 Å². The molecule has 1 aliphatic heterocycles. The third kappa shape index (κ3) is 4.83. The maximum Gasteiger partial charge on any atom is 0.122 e. The molecule has 0 spiro atoms. The molecule has 0 bridgehead atoms. The number of hydrogen-bond donors (Lipinski definition) is 1. The fraction of sp³-hybridized carbons (Fsp3) is 0.765. The highest BCUT2D eigenvalue weighted by molar-refractivity contribution is 5.16. The molecule has 1 N–H and O–H groups in total. The topological polar surface area (TPSA) is 31.6 Å². The second-order valence-electron chi connectivity index (χ2n) is 6.53. The van der Waals surface area contributed by atoms with Gasteiger partial charge in [-0.05, 0) is 39.0 Å². The first-order valence-electron chi connectivity index (χ1n) is 8.31. The summed E-state index contributed by atoms with van der Waals surface area (Å²) in [5.41, 5.74) is 1.29. The van der Waals surface area contributed by atoms with Crippen molar-refractivity contribution >= 4 is 0 Å². The van der Waals surface area contributed by atoms with E-state index in [2.05, 4.69) is 49.0 Å². The summed E-state index contributed by atoms with van der Waals surface area (Å²) in [6.07, 6.45) is 4.49. The lowest BCUT2D eigenvalue weighted by Gasteiger charge is -2.27. The zero-order chi connectivity index (χ0) is 15.2. The number of rotatable bonds is 8. The van der Waals surface area contributed by atoms with Crippen LogP contribution in [0.3, 0.4) is 0 Å². The molecule has 1 aliphatic rings. The van der Waals surface area contributed by atoms with E-state index in [0.29, 0.717) is 12.1 Å². The van der Waals surface area contributed by atoms with Gasteiger partial charge in [0.15, 0.2) is 0 Å². The Balaban J connectivity index is 1.85. The molecule has 4 nitrogen and oxygen atoms in total. The molecular weight excluding hydrogens is 262 g/mol. The molecule has 21 heavy (non-hydrogen) atoms. The lowest BCUT2D eigenvalue weighted by Crippen LogP contribution is -2.38. The fourth-order valence-corrected chi connectivity index (χ4v) is 3.17. The molecule has 0 amide bonds. The normalized spacial score (nSPS) is 20.0. The van der Waals surface area contributed by atoms with Crippen LogP contribution in [0.2, 0.25) is 0 Å². The smallest absolute Gasteiger partial charge is 0.122 e. The van der Waals surface area contributed by atoms with Crippen LogP contribution in [0.1, 0.15) is 44.9 Å². The third-order valence-electron chi connectivity index (χ3n) is 4.38. The number of furan rings is 1. The molecule has 120 valence electrons. The first kappa shape index (κ1) is 16.5. The number of hydrogen-bond acceptors (Lipinski definition) is 4. The van der Waals surface area contributed by atoms with E-state index in [0.717, 1.165) is 25.4 Å². The van der Waals surface area contributed by atoms with Gasteiger partial charge in [0.25, 0.3) is 0 Å².